The average Bonchev–Trinajstić information content (AvgIpc) is 2.76. The summed E-state index contributed by atoms with van der Waals surface area (Å²) >= 11 is 0. The number of imidazole rings is 1. The van der Waals surface area contributed by atoms with Crippen LogP contribution in [-0.4, -0.2) is 26.1 Å². The van der Waals surface area contributed by atoms with Crippen molar-refractivity contribution in [2.24, 2.45) is 0 Å². The second-order valence-electron chi connectivity index (χ2n) is 4.16. The number of nitrogens with zero attached hydrogens (tertiary/aromatic N) is 4. The van der Waals surface area contributed by atoms with Gasteiger partial charge in [0.2, 0.25) is 5.95 Å². The molecule has 0 bridgehead atoms. The summed E-state index contributed by atoms with van der Waals surface area (Å²) in [5.74, 6) is 1.74. The maximum Gasteiger partial charge on any atom is 0.223 e. The molecule has 96 valence electrons. The third kappa shape index (κ3) is 2.85. The van der Waals surface area contributed by atoms with Crippen LogP contribution >= 0.6 is 0 Å². The van der Waals surface area contributed by atoms with E-state index >= 15 is 0 Å². The summed E-state index contributed by atoms with van der Waals surface area (Å²) in [5, 5.41) is 3.15. The van der Waals surface area contributed by atoms with E-state index < -0.39 is 0 Å². The molecule has 0 unspecified atom stereocenters. The predicted octanol–water partition coefficient (Wildman–Crippen LogP) is 2.02. The molecule has 0 aliphatic carbocycles. The molecule has 5 heteroatoms. The average molecular weight is 245 g/mol. The first-order valence-corrected chi connectivity index (χ1v) is 6.31. The van der Waals surface area contributed by atoms with Crippen LogP contribution in [0, 0.1) is 6.92 Å². The number of rotatable bonds is 5. The van der Waals surface area contributed by atoms with Crippen LogP contribution in [-0.2, 0) is 13.0 Å². The number of anilines is 1. The van der Waals surface area contributed by atoms with Gasteiger partial charge in [-0.05, 0) is 26.8 Å². The molecule has 2 aromatic rings. The number of aryl methyl sites for hydroxylation is 2. The molecule has 0 saturated carbocycles. The molecule has 0 saturated heterocycles. The summed E-state index contributed by atoms with van der Waals surface area (Å²) in [6, 6.07) is 2.01. The van der Waals surface area contributed by atoms with Gasteiger partial charge in [-0.1, -0.05) is 0 Å². The lowest BCUT2D eigenvalue weighted by Crippen LogP contribution is -2.08. The van der Waals surface area contributed by atoms with Crippen LogP contribution in [0.25, 0.3) is 0 Å². The highest BCUT2D eigenvalue weighted by atomic mass is 15.1. The summed E-state index contributed by atoms with van der Waals surface area (Å²) in [6.07, 6.45) is 4.56. The van der Waals surface area contributed by atoms with Crippen LogP contribution < -0.4 is 5.32 Å². The molecule has 1 N–H and O–H groups in total. The maximum absolute atomic E-state index is 4.50. The van der Waals surface area contributed by atoms with Crippen molar-refractivity contribution in [2.45, 2.75) is 33.7 Å². The smallest absolute Gasteiger partial charge is 0.223 e. The molecular formula is C13H19N5. The lowest BCUT2D eigenvalue weighted by atomic mass is 10.2. The Balaban J connectivity index is 2.23. The molecule has 0 spiro atoms. The van der Waals surface area contributed by atoms with Crippen LogP contribution in [0.15, 0.2) is 18.5 Å². The second kappa shape index (κ2) is 5.62. The highest BCUT2D eigenvalue weighted by Crippen LogP contribution is 2.10. The van der Waals surface area contributed by atoms with E-state index in [0.717, 1.165) is 36.7 Å². The molecule has 18 heavy (non-hydrogen) atoms. The van der Waals surface area contributed by atoms with Crippen molar-refractivity contribution in [3.05, 3.63) is 35.7 Å². The molecule has 2 heterocycles. The third-order valence-electron chi connectivity index (χ3n) is 2.72. The molecule has 0 aromatic carbocycles. The molecule has 0 amide bonds. The molecule has 0 fully saturated rings. The van der Waals surface area contributed by atoms with E-state index in [4.69, 9.17) is 0 Å². The molecule has 0 aliphatic rings. The lowest BCUT2D eigenvalue weighted by Gasteiger charge is -2.07. The van der Waals surface area contributed by atoms with Crippen molar-refractivity contribution in [3.8, 4) is 0 Å². The van der Waals surface area contributed by atoms with E-state index in [2.05, 4.69) is 31.8 Å². The van der Waals surface area contributed by atoms with Gasteiger partial charge in [0.05, 0.1) is 5.69 Å². The van der Waals surface area contributed by atoms with Gasteiger partial charge in [-0.2, -0.15) is 0 Å². The van der Waals surface area contributed by atoms with Crippen LogP contribution in [0.1, 0.15) is 31.1 Å². The fraction of sp³-hybridized carbons (Fsp3) is 0.462. The number of hydrogen-bond donors (Lipinski definition) is 1. The summed E-state index contributed by atoms with van der Waals surface area (Å²) in [6.45, 7) is 7.89. The zero-order chi connectivity index (χ0) is 13.0. The normalized spacial score (nSPS) is 10.6. The third-order valence-corrected chi connectivity index (χ3v) is 2.72. The summed E-state index contributed by atoms with van der Waals surface area (Å²) in [5.41, 5.74) is 1.98. The number of aromatic nitrogens is 4. The zero-order valence-corrected chi connectivity index (χ0v) is 11.1. The van der Waals surface area contributed by atoms with Crippen molar-refractivity contribution in [3.63, 3.8) is 0 Å². The van der Waals surface area contributed by atoms with E-state index in [1.54, 1.807) is 0 Å². The van der Waals surface area contributed by atoms with E-state index in [9.17, 15) is 0 Å². The number of nitrogens with one attached hydrogen (secondary N) is 1. The standard InChI is InChI=1S/C13H19N5/c1-4-14-13-16-10(3)8-11(17-13)9-12-15-6-7-18(12)5-2/h6-8H,4-5,9H2,1-3H3,(H,14,16,17). The van der Waals surface area contributed by atoms with Crippen molar-refractivity contribution >= 4 is 5.95 Å². The lowest BCUT2D eigenvalue weighted by molar-refractivity contribution is 0.707. The van der Waals surface area contributed by atoms with E-state index in [1.165, 1.54) is 0 Å². The Morgan fingerprint density at radius 2 is 2.11 bits per heavy atom. The van der Waals surface area contributed by atoms with Gasteiger partial charge < -0.3 is 9.88 Å². The highest BCUT2D eigenvalue weighted by molar-refractivity contribution is 5.28. The number of hydrogen-bond acceptors (Lipinski definition) is 4. The van der Waals surface area contributed by atoms with Crippen molar-refractivity contribution in [2.75, 3.05) is 11.9 Å². The maximum atomic E-state index is 4.50. The Morgan fingerprint density at radius 1 is 1.28 bits per heavy atom. The topological polar surface area (TPSA) is 55.6 Å². The first-order valence-electron chi connectivity index (χ1n) is 6.31. The Hall–Kier alpha value is -1.91. The van der Waals surface area contributed by atoms with Crippen molar-refractivity contribution in [1.29, 1.82) is 0 Å². The van der Waals surface area contributed by atoms with Gasteiger partial charge in [-0.25, -0.2) is 15.0 Å². The van der Waals surface area contributed by atoms with Crippen LogP contribution in [0.3, 0.4) is 0 Å². The monoisotopic (exact) mass is 245 g/mol. The summed E-state index contributed by atoms with van der Waals surface area (Å²) in [7, 11) is 0. The van der Waals surface area contributed by atoms with Crippen LogP contribution in [0.5, 0.6) is 0 Å². The van der Waals surface area contributed by atoms with Gasteiger partial charge in [0.1, 0.15) is 5.82 Å². The van der Waals surface area contributed by atoms with Crippen molar-refractivity contribution in [1.82, 2.24) is 19.5 Å². The largest absolute Gasteiger partial charge is 0.354 e. The Labute approximate surface area is 107 Å². The van der Waals surface area contributed by atoms with Gasteiger partial charge in [0, 0.05) is 37.6 Å². The quantitative estimate of drug-likeness (QED) is 0.875. The molecular weight excluding hydrogens is 226 g/mol. The Kier molecular flexibility index (Phi) is 3.92. The van der Waals surface area contributed by atoms with Gasteiger partial charge in [0.15, 0.2) is 0 Å². The summed E-state index contributed by atoms with van der Waals surface area (Å²) in [4.78, 5) is 13.2. The fourth-order valence-corrected chi connectivity index (χ4v) is 1.92. The summed E-state index contributed by atoms with van der Waals surface area (Å²) < 4.78 is 2.13. The Morgan fingerprint density at radius 3 is 2.83 bits per heavy atom. The van der Waals surface area contributed by atoms with Crippen LogP contribution in [0.4, 0.5) is 5.95 Å². The first kappa shape index (κ1) is 12.5. The SMILES string of the molecule is CCNc1nc(C)cc(Cc2nccn2CC)n1. The molecule has 2 aromatic heterocycles. The Bertz CT molecular complexity index is 518. The first-order chi connectivity index (χ1) is 8.72. The van der Waals surface area contributed by atoms with Gasteiger partial charge >= 0.3 is 0 Å². The fourth-order valence-electron chi connectivity index (χ4n) is 1.92. The van der Waals surface area contributed by atoms with Crippen LogP contribution in [0.2, 0.25) is 0 Å². The molecule has 0 aliphatic heterocycles. The second-order valence-corrected chi connectivity index (χ2v) is 4.16. The molecule has 0 radical (unpaired) electrons. The van der Waals surface area contributed by atoms with Gasteiger partial charge in [-0.3, -0.25) is 0 Å². The van der Waals surface area contributed by atoms with E-state index in [0.29, 0.717) is 5.95 Å². The zero-order valence-electron chi connectivity index (χ0n) is 11.1. The minimum Gasteiger partial charge on any atom is -0.354 e. The van der Waals surface area contributed by atoms with Crippen molar-refractivity contribution < 1.29 is 0 Å². The molecule has 2 rings (SSSR count). The molecule has 0 atom stereocenters. The van der Waals surface area contributed by atoms with Gasteiger partial charge in [0.25, 0.3) is 0 Å². The predicted molar refractivity (Wildman–Crippen MR) is 71.6 cm³/mol. The van der Waals surface area contributed by atoms with E-state index in [1.807, 2.05) is 32.3 Å². The minimum absolute atomic E-state index is 0.696. The van der Waals surface area contributed by atoms with E-state index in [-0.39, 0.29) is 0 Å². The molecule has 5 nitrogen and oxygen atoms in total. The van der Waals surface area contributed by atoms with Gasteiger partial charge in [-0.15, -0.1) is 0 Å². The minimum atomic E-state index is 0.696. The highest BCUT2D eigenvalue weighted by Gasteiger charge is 2.06.